The Hall–Kier alpha value is -1.33. The van der Waals surface area contributed by atoms with Gasteiger partial charge in [0.25, 0.3) is 0 Å². The summed E-state index contributed by atoms with van der Waals surface area (Å²) < 4.78 is 11.3. The molecule has 2 heterocycles. The summed E-state index contributed by atoms with van der Waals surface area (Å²) in [6.45, 7) is 7.19. The monoisotopic (exact) mass is 348 g/mol. The van der Waals surface area contributed by atoms with Gasteiger partial charge in [0, 0.05) is 39.7 Å². The molecule has 5 nitrogen and oxygen atoms in total. The van der Waals surface area contributed by atoms with Crippen molar-refractivity contribution in [3.8, 4) is 0 Å². The van der Waals surface area contributed by atoms with Gasteiger partial charge in [0.15, 0.2) is 0 Å². The molecule has 0 aromatic carbocycles. The maximum absolute atomic E-state index is 13.0. The lowest BCUT2D eigenvalue weighted by molar-refractivity contribution is -0.152. The number of rotatable bonds is 7. The van der Waals surface area contributed by atoms with Crippen LogP contribution in [-0.2, 0) is 22.5 Å². The van der Waals surface area contributed by atoms with E-state index in [1.54, 1.807) is 7.11 Å². The Bertz CT molecular complexity index is 565. The molecule has 1 aromatic rings. The van der Waals surface area contributed by atoms with Crippen molar-refractivity contribution in [2.24, 2.45) is 5.41 Å². The van der Waals surface area contributed by atoms with Gasteiger partial charge < -0.3 is 14.1 Å². The summed E-state index contributed by atoms with van der Waals surface area (Å²) in [5.74, 6) is 2.43. The van der Waals surface area contributed by atoms with Gasteiger partial charge in [-0.2, -0.15) is 0 Å². The molecule has 0 spiro atoms. The SMILES string of the molecule is CCCc1ccc(CN2CCCN(C(=O)C3(COC)CCC3)CC2)o1. The van der Waals surface area contributed by atoms with Crippen LogP contribution in [0.1, 0.15) is 50.5 Å². The van der Waals surface area contributed by atoms with Crippen LogP contribution in [0.4, 0.5) is 0 Å². The third-order valence-corrected chi connectivity index (χ3v) is 5.65. The molecule has 1 saturated carbocycles. The van der Waals surface area contributed by atoms with Crippen LogP contribution in [0.2, 0.25) is 0 Å². The summed E-state index contributed by atoms with van der Waals surface area (Å²) in [6, 6.07) is 4.19. The average Bonchev–Trinajstić information content (AvgIpc) is 2.87. The molecule has 140 valence electrons. The summed E-state index contributed by atoms with van der Waals surface area (Å²) >= 11 is 0. The fourth-order valence-electron chi connectivity index (χ4n) is 4.08. The molecule has 2 aliphatic rings. The maximum atomic E-state index is 13.0. The van der Waals surface area contributed by atoms with Gasteiger partial charge in [-0.25, -0.2) is 0 Å². The zero-order valence-corrected chi connectivity index (χ0v) is 15.8. The van der Waals surface area contributed by atoms with E-state index in [0.29, 0.717) is 12.5 Å². The van der Waals surface area contributed by atoms with Crippen LogP contribution in [0.5, 0.6) is 0 Å². The van der Waals surface area contributed by atoms with Gasteiger partial charge in [-0.3, -0.25) is 9.69 Å². The van der Waals surface area contributed by atoms with E-state index in [9.17, 15) is 4.79 Å². The van der Waals surface area contributed by atoms with Gasteiger partial charge in [-0.15, -0.1) is 0 Å². The number of aryl methyl sites for hydroxylation is 1. The molecule has 25 heavy (non-hydrogen) atoms. The second-order valence-electron chi connectivity index (χ2n) is 7.61. The molecular weight excluding hydrogens is 316 g/mol. The van der Waals surface area contributed by atoms with Crippen LogP contribution in [0, 0.1) is 5.41 Å². The van der Waals surface area contributed by atoms with E-state index in [1.807, 2.05) is 0 Å². The summed E-state index contributed by atoms with van der Waals surface area (Å²) in [4.78, 5) is 17.5. The summed E-state index contributed by atoms with van der Waals surface area (Å²) in [6.07, 6.45) is 6.24. The Morgan fingerprint density at radius 1 is 1.16 bits per heavy atom. The Morgan fingerprint density at radius 2 is 1.96 bits per heavy atom. The molecule has 2 fully saturated rings. The van der Waals surface area contributed by atoms with Crippen molar-refractivity contribution in [1.82, 2.24) is 9.80 Å². The molecule has 1 aliphatic heterocycles. The van der Waals surface area contributed by atoms with Crippen molar-refractivity contribution in [3.63, 3.8) is 0 Å². The number of carbonyl (C=O) groups excluding carboxylic acids is 1. The molecule has 1 aromatic heterocycles. The molecule has 0 radical (unpaired) electrons. The number of nitrogens with zero attached hydrogens (tertiary/aromatic N) is 2. The maximum Gasteiger partial charge on any atom is 0.231 e. The van der Waals surface area contributed by atoms with Crippen molar-refractivity contribution in [1.29, 1.82) is 0 Å². The second-order valence-corrected chi connectivity index (χ2v) is 7.61. The van der Waals surface area contributed by atoms with Crippen LogP contribution in [-0.4, -0.2) is 55.6 Å². The van der Waals surface area contributed by atoms with Gasteiger partial charge in [0.05, 0.1) is 18.6 Å². The molecular formula is C20H32N2O3. The predicted octanol–water partition coefficient (Wildman–Crippen LogP) is 3.08. The van der Waals surface area contributed by atoms with Crippen molar-refractivity contribution < 1.29 is 13.9 Å². The molecule has 0 atom stereocenters. The molecule has 0 bridgehead atoms. The first-order chi connectivity index (χ1) is 12.2. The summed E-state index contributed by atoms with van der Waals surface area (Å²) in [5.41, 5.74) is -0.236. The van der Waals surface area contributed by atoms with Crippen LogP contribution in [0.3, 0.4) is 0 Å². The van der Waals surface area contributed by atoms with Crippen LogP contribution in [0.15, 0.2) is 16.5 Å². The Balaban J connectivity index is 1.54. The highest BCUT2D eigenvalue weighted by atomic mass is 16.5. The summed E-state index contributed by atoms with van der Waals surface area (Å²) in [7, 11) is 1.70. The van der Waals surface area contributed by atoms with E-state index in [-0.39, 0.29) is 5.41 Å². The minimum Gasteiger partial charge on any atom is -0.465 e. The second kappa shape index (κ2) is 8.37. The first-order valence-electron chi connectivity index (χ1n) is 9.75. The molecule has 1 amide bonds. The number of carbonyl (C=O) groups is 1. The Labute approximate surface area is 151 Å². The zero-order valence-electron chi connectivity index (χ0n) is 15.8. The average molecular weight is 348 g/mol. The normalized spacial score (nSPS) is 21.0. The lowest BCUT2D eigenvalue weighted by Gasteiger charge is -2.42. The molecule has 1 saturated heterocycles. The molecule has 1 aliphatic carbocycles. The topological polar surface area (TPSA) is 45.9 Å². The molecule has 0 unspecified atom stereocenters. The predicted molar refractivity (Wildman–Crippen MR) is 97.3 cm³/mol. The van der Waals surface area contributed by atoms with Crippen molar-refractivity contribution in [2.75, 3.05) is 39.9 Å². The van der Waals surface area contributed by atoms with Crippen LogP contribution < -0.4 is 0 Å². The van der Waals surface area contributed by atoms with Gasteiger partial charge in [0.1, 0.15) is 11.5 Å². The lowest BCUT2D eigenvalue weighted by atomic mass is 9.68. The standard InChI is InChI=1S/C20H32N2O3/c1-3-6-17-7-8-18(25-17)15-21-11-5-12-22(14-13-21)19(23)20(16-24-2)9-4-10-20/h7-8H,3-6,9-16H2,1-2H3. The number of furan rings is 1. The van der Waals surface area contributed by atoms with E-state index < -0.39 is 0 Å². The first kappa shape index (κ1) is 18.5. The highest BCUT2D eigenvalue weighted by Gasteiger charge is 2.46. The number of hydrogen-bond acceptors (Lipinski definition) is 4. The van der Waals surface area contributed by atoms with E-state index in [1.165, 1.54) is 0 Å². The zero-order chi connectivity index (χ0) is 17.7. The quantitative estimate of drug-likeness (QED) is 0.760. The third kappa shape index (κ3) is 4.26. The van der Waals surface area contributed by atoms with E-state index >= 15 is 0 Å². The largest absolute Gasteiger partial charge is 0.465 e. The fourth-order valence-corrected chi connectivity index (χ4v) is 4.08. The smallest absolute Gasteiger partial charge is 0.231 e. The third-order valence-electron chi connectivity index (χ3n) is 5.65. The van der Waals surface area contributed by atoms with Gasteiger partial charge in [0.2, 0.25) is 5.91 Å². The van der Waals surface area contributed by atoms with Crippen molar-refractivity contribution >= 4 is 5.91 Å². The molecule has 5 heteroatoms. The van der Waals surface area contributed by atoms with Gasteiger partial charge in [-0.05, 0) is 37.8 Å². The van der Waals surface area contributed by atoms with Gasteiger partial charge >= 0.3 is 0 Å². The van der Waals surface area contributed by atoms with Crippen molar-refractivity contribution in [2.45, 2.75) is 52.0 Å². The van der Waals surface area contributed by atoms with Crippen LogP contribution >= 0.6 is 0 Å². The molecule has 0 N–H and O–H groups in total. The Kier molecular flexibility index (Phi) is 6.18. The van der Waals surface area contributed by atoms with Gasteiger partial charge in [-0.1, -0.05) is 13.3 Å². The minimum atomic E-state index is -0.236. The summed E-state index contributed by atoms with van der Waals surface area (Å²) in [5, 5.41) is 0. The highest BCUT2D eigenvalue weighted by Crippen LogP contribution is 2.42. The van der Waals surface area contributed by atoms with E-state index in [2.05, 4.69) is 28.9 Å². The number of ether oxygens (including phenoxy) is 1. The van der Waals surface area contributed by atoms with Crippen LogP contribution in [0.25, 0.3) is 0 Å². The van der Waals surface area contributed by atoms with E-state index in [4.69, 9.17) is 9.15 Å². The lowest BCUT2D eigenvalue weighted by Crippen LogP contribution is -2.51. The number of hydrogen-bond donors (Lipinski definition) is 0. The Morgan fingerprint density at radius 3 is 2.64 bits per heavy atom. The molecule has 3 rings (SSSR count). The number of amides is 1. The van der Waals surface area contributed by atoms with Crippen molar-refractivity contribution in [3.05, 3.63) is 23.7 Å². The fraction of sp³-hybridized carbons (Fsp3) is 0.750. The number of methoxy groups -OCH3 is 1. The highest BCUT2D eigenvalue weighted by molar-refractivity contribution is 5.83. The first-order valence-corrected chi connectivity index (χ1v) is 9.75. The minimum absolute atomic E-state index is 0.236. The van der Waals surface area contributed by atoms with E-state index in [0.717, 1.165) is 82.8 Å².